The summed E-state index contributed by atoms with van der Waals surface area (Å²) in [6.07, 6.45) is 1.90. The molecule has 1 unspecified atom stereocenters. The predicted molar refractivity (Wildman–Crippen MR) is 105 cm³/mol. The number of pyridine rings is 1. The molecule has 1 atom stereocenters. The Balaban J connectivity index is 1.40. The average molecular weight is 377 g/mol. The molecule has 1 aromatic heterocycles. The molecule has 0 aliphatic carbocycles. The standard InChI is InChI=1S/C22H20FN3O2/c1-14-8-18(6-7-19(14)23)26-13-17(10-21(26)27)22(28)25-12-15-9-16-4-2-3-5-20(16)24-11-15/h2-9,11,17H,10,12-13H2,1H3,(H,25,28). The number of carbonyl (C=O) groups excluding carboxylic acids is 2. The average Bonchev–Trinajstić information content (AvgIpc) is 3.10. The number of fused-ring (bicyclic) bond motifs is 1. The minimum Gasteiger partial charge on any atom is -0.352 e. The first-order valence-electron chi connectivity index (χ1n) is 9.19. The van der Waals surface area contributed by atoms with Gasteiger partial charge in [0.15, 0.2) is 0 Å². The maximum absolute atomic E-state index is 13.5. The third-order valence-corrected chi connectivity index (χ3v) is 5.06. The van der Waals surface area contributed by atoms with E-state index in [2.05, 4.69) is 10.3 Å². The van der Waals surface area contributed by atoms with E-state index in [1.165, 1.54) is 6.07 Å². The summed E-state index contributed by atoms with van der Waals surface area (Å²) in [4.78, 5) is 30.8. The first-order valence-corrected chi connectivity index (χ1v) is 9.19. The summed E-state index contributed by atoms with van der Waals surface area (Å²) in [5.74, 6) is -1.03. The summed E-state index contributed by atoms with van der Waals surface area (Å²) >= 11 is 0. The molecule has 6 heteroatoms. The van der Waals surface area contributed by atoms with E-state index < -0.39 is 5.92 Å². The molecule has 1 saturated heterocycles. The molecule has 0 saturated carbocycles. The molecule has 2 heterocycles. The summed E-state index contributed by atoms with van der Waals surface area (Å²) in [5, 5.41) is 3.92. The highest BCUT2D eigenvalue weighted by Crippen LogP contribution is 2.26. The van der Waals surface area contributed by atoms with Crippen molar-refractivity contribution in [3.63, 3.8) is 0 Å². The molecule has 1 aliphatic heterocycles. The van der Waals surface area contributed by atoms with Gasteiger partial charge in [0.2, 0.25) is 11.8 Å². The first-order chi connectivity index (χ1) is 13.5. The van der Waals surface area contributed by atoms with Crippen LogP contribution in [0.3, 0.4) is 0 Å². The zero-order chi connectivity index (χ0) is 19.7. The van der Waals surface area contributed by atoms with E-state index in [1.807, 2.05) is 30.3 Å². The number of nitrogens with zero attached hydrogens (tertiary/aromatic N) is 2. The minimum atomic E-state index is -0.425. The molecular weight excluding hydrogens is 357 g/mol. The van der Waals surface area contributed by atoms with Crippen LogP contribution in [-0.4, -0.2) is 23.3 Å². The van der Waals surface area contributed by atoms with E-state index in [4.69, 9.17) is 0 Å². The molecule has 3 aromatic rings. The van der Waals surface area contributed by atoms with Crippen molar-refractivity contribution in [3.05, 3.63) is 71.7 Å². The van der Waals surface area contributed by atoms with Crippen LogP contribution in [0.25, 0.3) is 10.9 Å². The molecule has 1 aliphatic rings. The van der Waals surface area contributed by atoms with Crippen molar-refractivity contribution in [1.29, 1.82) is 0 Å². The van der Waals surface area contributed by atoms with Gasteiger partial charge in [0.1, 0.15) is 5.82 Å². The molecule has 0 bridgehead atoms. The molecule has 2 aromatic carbocycles. The van der Waals surface area contributed by atoms with Crippen molar-refractivity contribution in [3.8, 4) is 0 Å². The van der Waals surface area contributed by atoms with Gasteiger partial charge in [-0.25, -0.2) is 4.39 Å². The minimum absolute atomic E-state index is 0.126. The van der Waals surface area contributed by atoms with Crippen molar-refractivity contribution in [2.24, 2.45) is 5.92 Å². The second-order valence-corrected chi connectivity index (χ2v) is 7.09. The number of anilines is 1. The van der Waals surface area contributed by atoms with Gasteiger partial charge in [-0.15, -0.1) is 0 Å². The van der Waals surface area contributed by atoms with Gasteiger partial charge in [0.05, 0.1) is 11.4 Å². The van der Waals surface area contributed by atoms with E-state index in [0.717, 1.165) is 16.5 Å². The van der Waals surface area contributed by atoms with Crippen LogP contribution in [0.4, 0.5) is 10.1 Å². The molecule has 4 rings (SSSR count). The van der Waals surface area contributed by atoms with Crippen molar-refractivity contribution in [1.82, 2.24) is 10.3 Å². The predicted octanol–water partition coefficient (Wildman–Crippen LogP) is 3.35. The maximum Gasteiger partial charge on any atom is 0.227 e. The molecule has 5 nitrogen and oxygen atoms in total. The van der Waals surface area contributed by atoms with Crippen molar-refractivity contribution in [2.45, 2.75) is 19.9 Å². The fourth-order valence-electron chi connectivity index (χ4n) is 3.48. The molecular formula is C22H20FN3O2. The Morgan fingerprint density at radius 1 is 1.25 bits per heavy atom. The number of benzene rings is 2. The normalized spacial score (nSPS) is 16.6. The largest absolute Gasteiger partial charge is 0.352 e. The topological polar surface area (TPSA) is 62.3 Å². The summed E-state index contributed by atoms with van der Waals surface area (Å²) in [6, 6.07) is 14.3. The van der Waals surface area contributed by atoms with Gasteiger partial charge >= 0.3 is 0 Å². The van der Waals surface area contributed by atoms with Crippen molar-refractivity contribution >= 4 is 28.4 Å². The Bertz CT molecular complexity index is 1070. The summed E-state index contributed by atoms with van der Waals surface area (Å²) in [5.41, 5.74) is 2.91. The lowest BCUT2D eigenvalue weighted by molar-refractivity contribution is -0.126. The second kappa shape index (κ2) is 7.38. The number of hydrogen-bond acceptors (Lipinski definition) is 3. The summed E-state index contributed by atoms with van der Waals surface area (Å²) in [6.45, 7) is 2.31. The summed E-state index contributed by atoms with van der Waals surface area (Å²) in [7, 11) is 0. The molecule has 142 valence electrons. The Morgan fingerprint density at radius 3 is 2.89 bits per heavy atom. The summed E-state index contributed by atoms with van der Waals surface area (Å²) < 4.78 is 13.5. The van der Waals surface area contributed by atoms with Gasteiger partial charge in [-0.05, 0) is 48.4 Å². The zero-order valence-electron chi connectivity index (χ0n) is 15.5. The molecule has 1 N–H and O–H groups in total. The van der Waals surface area contributed by atoms with Crippen LogP contribution >= 0.6 is 0 Å². The molecule has 0 spiro atoms. The highest BCUT2D eigenvalue weighted by Gasteiger charge is 2.35. The SMILES string of the molecule is Cc1cc(N2CC(C(=O)NCc3cnc4ccccc4c3)CC2=O)ccc1F. The fourth-order valence-corrected chi connectivity index (χ4v) is 3.48. The highest BCUT2D eigenvalue weighted by atomic mass is 19.1. The van der Waals surface area contributed by atoms with Gasteiger partial charge < -0.3 is 10.2 Å². The maximum atomic E-state index is 13.5. The third kappa shape index (κ3) is 3.58. The number of nitrogens with one attached hydrogen (secondary N) is 1. The van der Waals surface area contributed by atoms with Crippen LogP contribution in [0.5, 0.6) is 0 Å². The number of amides is 2. The Hall–Kier alpha value is -3.28. The number of aromatic nitrogens is 1. The number of rotatable bonds is 4. The van der Waals surface area contributed by atoms with Crippen LogP contribution < -0.4 is 10.2 Å². The number of para-hydroxylation sites is 1. The lowest BCUT2D eigenvalue weighted by Crippen LogP contribution is -2.32. The van der Waals surface area contributed by atoms with E-state index in [-0.39, 0.29) is 24.1 Å². The molecule has 28 heavy (non-hydrogen) atoms. The highest BCUT2D eigenvalue weighted by molar-refractivity contribution is 6.00. The van der Waals surface area contributed by atoms with Crippen LogP contribution in [-0.2, 0) is 16.1 Å². The third-order valence-electron chi connectivity index (χ3n) is 5.06. The molecule has 0 radical (unpaired) electrons. The van der Waals surface area contributed by atoms with Crippen LogP contribution in [0.2, 0.25) is 0 Å². The lowest BCUT2D eigenvalue weighted by Gasteiger charge is -2.17. The van der Waals surface area contributed by atoms with Gasteiger partial charge in [0, 0.05) is 36.8 Å². The van der Waals surface area contributed by atoms with Gasteiger partial charge in [-0.2, -0.15) is 0 Å². The van der Waals surface area contributed by atoms with Gasteiger partial charge in [0.25, 0.3) is 0 Å². The van der Waals surface area contributed by atoms with Crippen LogP contribution in [0.15, 0.2) is 54.7 Å². The van der Waals surface area contributed by atoms with Crippen LogP contribution in [0.1, 0.15) is 17.5 Å². The van der Waals surface area contributed by atoms with Crippen LogP contribution in [0, 0.1) is 18.7 Å². The number of aryl methyl sites for hydroxylation is 1. The Labute approximate surface area is 162 Å². The second-order valence-electron chi connectivity index (χ2n) is 7.09. The quantitative estimate of drug-likeness (QED) is 0.758. The monoisotopic (exact) mass is 377 g/mol. The van der Waals surface area contributed by atoms with Gasteiger partial charge in [-0.3, -0.25) is 14.6 Å². The van der Waals surface area contributed by atoms with E-state index in [9.17, 15) is 14.0 Å². The zero-order valence-corrected chi connectivity index (χ0v) is 15.5. The van der Waals surface area contributed by atoms with Gasteiger partial charge in [-0.1, -0.05) is 18.2 Å². The number of hydrogen-bond donors (Lipinski definition) is 1. The van der Waals surface area contributed by atoms with E-state index in [0.29, 0.717) is 24.3 Å². The smallest absolute Gasteiger partial charge is 0.227 e. The van der Waals surface area contributed by atoms with Crippen molar-refractivity contribution in [2.75, 3.05) is 11.4 Å². The lowest BCUT2D eigenvalue weighted by atomic mass is 10.1. The van der Waals surface area contributed by atoms with E-state index >= 15 is 0 Å². The Kier molecular flexibility index (Phi) is 4.77. The molecule has 1 fully saturated rings. The van der Waals surface area contributed by atoms with Crippen molar-refractivity contribution < 1.29 is 14.0 Å². The first kappa shape index (κ1) is 18.1. The number of halogens is 1. The molecule has 2 amide bonds. The Morgan fingerprint density at radius 2 is 2.07 bits per heavy atom. The number of carbonyl (C=O) groups is 2. The fraction of sp³-hybridized carbons (Fsp3) is 0.227. The van der Waals surface area contributed by atoms with E-state index in [1.54, 1.807) is 30.2 Å².